The molecule has 1 aliphatic rings. The Bertz CT molecular complexity index is 601. The Kier molecular flexibility index (Phi) is 30.0. The highest BCUT2D eigenvalue weighted by molar-refractivity contribution is 6.60. The molecule has 0 aromatic rings. The molecule has 1 rings (SSSR count). The Balaban J connectivity index is -0.000000616. The van der Waals surface area contributed by atoms with Crippen LogP contribution in [-0.4, -0.2) is 157 Å². The SMILES string of the molecule is C.CO[Si](CCCOCC1CO1)(OC)OC.NCCC[Si](O)(O)O.OC(CCCCC[Si](O)(O)O)COCCC[Si](O)(O)O. The zero-order valence-corrected chi connectivity index (χ0v) is 29.7. The van der Waals surface area contributed by atoms with E-state index < -0.39 is 41.3 Å². The van der Waals surface area contributed by atoms with Crippen molar-refractivity contribution in [2.75, 3.05) is 60.9 Å². The van der Waals surface area contributed by atoms with Crippen LogP contribution >= 0.6 is 0 Å². The van der Waals surface area contributed by atoms with Gasteiger partial charge in [-0.3, -0.25) is 0 Å². The highest BCUT2D eigenvalue weighted by Gasteiger charge is 2.37. The van der Waals surface area contributed by atoms with Crippen LogP contribution in [0.4, 0.5) is 0 Å². The highest BCUT2D eigenvalue weighted by atomic mass is 28.4. The van der Waals surface area contributed by atoms with E-state index in [0.717, 1.165) is 19.1 Å². The van der Waals surface area contributed by atoms with Gasteiger partial charge in [-0.1, -0.05) is 20.3 Å². The van der Waals surface area contributed by atoms with E-state index in [9.17, 15) is 5.11 Å². The molecule has 0 spiro atoms. The number of ether oxygens (including phenoxy) is 3. The normalized spacial score (nSPS) is 15.8. The zero-order chi connectivity index (χ0) is 33.4. The van der Waals surface area contributed by atoms with E-state index in [1.165, 1.54) is 0 Å². The molecule has 1 heterocycles. The van der Waals surface area contributed by atoms with Crippen LogP contribution < -0.4 is 5.73 Å². The van der Waals surface area contributed by atoms with Crippen LogP contribution in [0.25, 0.3) is 0 Å². The minimum Gasteiger partial charge on any atom is -0.391 e. The molecule has 1 saturated heterocycles. The van der Waals surface area contributed by atoms with E-state index in [0.29, 0.717) is 64.4 Å². The number of hydrogen-bond donors (Lipinski definition) is 11. The average Bonchev–Trinajstić information content (AvgIpc) is 3.73. The van der Waals surface area contributed by atoms with Crippen molar-refractivity contribution in [2.24, 2.45) is 5.73 Å². The number of epoxide rings is 1. The van der Waals surface area contributed by atoms with Gasteiger partial charge in [-0.2, -0.15) is 0 Å². The van der Waals surface area contributed by atoms with Gasteiger partial charge in [-0.25, -0.2) is 0 Å². The van der Waals surface area contributed by atoms with Crippen molar-refractivity contribution in [2.45, 2.75) is 88.8 Å². The number of hydrogen-bond acceptors (Lipinski definition) is 17. The average molecular weight is 720 g/mol. The van der Waals surface area contributed by atoms with Gasteiger partial charge in [0.15, 0.2) is 0 Å². The Morgan fingerprint density at radius 3 is 1.57 bits per heavy atom. The molecule has 1 aliphatic heterocycles. The first-order valence-corrected chi connectivity index (χ1v) is 22.3. The van der Waals surface area contributed by atoms with Gasteiger partial charge in [0.1, 0.15) is 6.10 Å². The first-order valence-electron chi connectivity index (χ1n) is 14.2. The summed E-state index contributed by atoms with van der Waals surface area (Å²) < 4.78 is 31.4. The molecule has 2 unspecified atom stereocenters. The lowest BCUT2D eigenvalue weighted by Crippen LogP contribution is -2.42. The van der Waals surface area contributed by atoms with Gasteiger partial charge in [0, 0.05) is 58.7 Å². The van der Waals surface area contributed by atoms with Crippen molar-refractivity contribution in [1.29, 1.82) is 0 Å². The summed E-state index contributed by atoms with van der Waals surface area (Å²) in [6, 6.07) is 0.748. The molecule has 0 aromatic carbocycles. The van der Waals surface area contributed by atoms with Crippen LogP contribution in [-0.2, 0) is 27.5 Å². The summed E-state index contributed by atoms with van der Waals surface area (Å²) in [4.78, 5) is 77.6. The minimum atomic E-state index is -3.98. The molecule has 0 aromatic heterocycles. The van der Waals surface area contributed by atoms with Crippen LogP contribution in [0.5, 0.6) is 0 Å². The monoisotopic (exact) mass is 719 g/mol. The van der Waals surface area contributed by atoms with E-state index in [-0.39, 0.29) is 38.8 Å². The van der Waals surface area contributed by atoms with E-state index >= 15 is 0 Å². The van der Waals surface area contributed by atoms with Gasteiger partial charge in [-0.05, 0) is 38.6 Å². The van der Waals surface area contributed by atoms with Crippen molar-refractivity contribution in [3.05, 3.63) is 0 Å². The maximum absolute atomic E-state index is 9.56. The molecule has 1 fully saturated rings. The highest BCUT2D eigenvalue weighted by Crippen LogP contribution is 2.16. The smallest absolute Gasteiger partial charge is 0.391 e. The fourth-order valence-corrected chi connectivity index (χ4v) is 7.01. The fourth-order valence-electron chi connectivity index (χ4n) is 3.30. The van der Waals surface area contributed by atoms with E-state index in [2.05, 4.69) is 0 Å². The molecule has 270 valence electrons. The second-order valence-corrected chi connectivity index (χ2v) is 19.3. The molecular formula is C23H61NO16Si4. The van der Waals surface area contributed by atoms with Crippen molar-refractivity contribution >= 4 is 35.2 Å². The van der Waals surface area contributed by atoms with Crippen LogP contribution in [0, 0.1) is 0 Å². The van der Waals surface area contributed by atoms with Gasteiger partial charge in [0.05, 0.1) is 25.9 Å². The minimum absolute atomic E-state index is 0. The molecule has 0 radical (unpaired) electrons. The fraction of sp³-hybridized carbons (Fsp3) is 1.00. The van der Waals surface area contributed by atoms with Crippen LogP contribution in [0.1, 0.15) is 52.4 Å². The third-order valence-corrected chi connectivity index (χ3v) is 11.7. The molecule has 21 heteroatoms. The standard InChI is InChI=1S/C10H26O8Si2.C9H20O5Si.C3H11NO3Si.CH4/c11-10(5-2-1-3-7-19(12,13)14)9-18-6-4-8-20(15,16)17;1-10-15(11-2,12-3)6-4-5-13-7-9-8-14-9;4-2-1-3-8(5,6)7;/h10-17H,1-9H2;9H,4-8H2,1-3H3;5-7H,1-4H2;1H4. The summed E-state index contributed by atoms with van der Waals surface area (Å²) in [5.41, 5.74) is 5.02. The Morgan fingerprint density at radius 1 is 0.682 bits per heavy atom. The zero-order valence-electron chi connectivity index (χ0n) is 25.7. The number of unbranched alkanes of at least 4 members (excludes halogenated alkanes) is 2. The van der Waals surface area contributed by atoms with Crippen molar-refractivity contribution in [3.63, 3.8) is 0 Å². The Morgan fingerprint density at radius 2 is 1.14 bits per heavy atom. The van der Waals surface area contributed by atoms with E-state index in [1.54, 1.807) is 21.3 Å². The molecule has 12 N–H and O–H groups in total. The van der Waals surface area contributed by atoms with Gasteiger partial charge in [-0.15, -0.1) is 0 Å². The lowest BCUT2D eigenvalue weighted by Gasteiger charge is -2.24. The molecule has 0 bridgehead atoms. The van der Waals surface area contributed by atoms with E-state index in [1.807, 2.05) is 0 Å². The third-order valence-electron chi connectivity index (χ3n) is 5.79. The van der Waals surface area contributed by atoms with Crippen LogP contribution in [0.3, 0.4) is 0 Å². The first-order chi connectivity index (χ1) is 19.9. The van der Waals surface area contributed by atoms with Crippen molar-refractivity contribution in [3.8, 4) is 0 Å². The van der Waals surface area contributed by atoms with Gasteiger partial charge < -0.3 is 81.5 Å². The summed E-state index contributed by atoms with van der Waals surface area (Å²) in [6.45, 7) is 2.99. The number of nitrogens with two attached hydrogens (primary N) is 1. The van der Waals surface area contributed by atoms with Crippen molar-refractivity contribution < 1.29 is 75.8 Å². The van der Waals surface area contributed by atoms with Crippen molar-refractivity contribution in [1.82, 2.24) is 0 Å². The number of aliphatic hydroxyl groups is 1. The topological polar surface area (TPSA) is 287 Å². The molecule has 0 saturated carbocycles. The van der Waals surface area contributed by atoms with Gasteiger partial charge in [0.25, 0.3) is 0 Å². The lowest BCUT2D eigenvalue weighted by molar-refractivity contribution is 0.0306. The quantitative estimate of drug-likeness (QED) is 0.0284. The van der Waals surface area contributed by atoms with Crippen LogP contribution in [0.15, 0.2) is 0 Å². The third kappa shape index (κ3) is 36.7. The molecule has 2 atom stereocenters. The predicted octanol–water partition coefficient (Wildman–Crippen LogP) is -2.30. The maximum atomic E-state index is 9.56. The number of aliphatic hydroxyl groups excluding tert-OH is 1. The molecule has 0 aliphatic carbocycles. The maximum Gasteiger partial charge on any atom is 0.500 e. The summed E-state index contributed by atoms with van der Waals surface area (Å²) in [7, 11) is -9.18. The Hall–Kier alpha value is 0.188. The van der Waals surface area contributed by atoms with Gasteiger partial charge in [0.2, 0.25) is 0 Å². The second kappa shape index (κ2) is 27.2. The second-order valence-electron chi connectivity index (χ2n) is 10.1. The summed E-state index contributed by atoms with van der Waals surface area (Å²) in [6.07, 6.45) is 3.75. The van der Waals surface area contributed by atoms with Gasteiger partial charge >= 0.3 is 35.2 Å². The molecule has 17 nitrogen and oxygen atoms in total. The largest absolute Gasteiger partial charge is 0.500 e. The van der Waals surface area contributed by atoms with E-state index in [4.69, 9.17) is 76.4 Å². The summed E-state index contributed by atoms with van der Waals surface area (Å²) in [5.74, 6) is 0. The molecule has 44 heavy (non-hydrogen) atoms. The molecule has 0 amide bonds. The Labute approximate surface area is 266 Å². The number of rotatable bonds is 24. The summed E-state index contributed by atoms with van der Waals surface area (Å²) in [5, 5.41) is 9.56. The lowest BCUT2D eigenvalue weighted by atomic mass is 10.1. The van der Waals surface area contributed by atoms with Crippen LogP contribution in [0.2, 0.25) is 24.2 Å². The first kappa shape index (κ1) is 48.6. The predicted molar refractivity (Wildman–Crippen MR) is 169 cm³/mol. The molecular weight excluding hydrogens is 659 g/mol. The summed E-state index contributed by atoms with van der Waals surface area (Å²) >= 11 is 0.